The van der Waals surface area contributed by atoms with Crippen molar-refractivity contribution >= 4 is 16.9 Å². The van der Waals surface area contributed by atoms with Gasteiger partial charge in [0, 0.05) is 19.6 Å². The Hall–Kier alpha value is -4.00. The van der Waals surface area contributed by atoms with Crippen molar-refractivity contribution in [1.82, 2.24) is 14.5 Å². The molecular weight excluding hydrogens is 454 g/mol. The molecule has 2 aliphatic heterocycles. The summed E-state index contributed by atoms with van der Waals surface area (Å²) in [5, 5.41) is 0. The van der Waals surface area contributed by atoms with Crippen molar-refractivity contribution in [1.29, 1.82) is 0 Å². The number of amides is 1. The zero-order valence-electron chi connectivity index (χ0n) is 20.1. The summed E-state index contributed by atoms with van der Waals surface area (Å²) in [5.41, 5.74) is 2.10. The van der Waals surface area contributed by atoms with Crippen molar-refractivity contribution in [2.24, 2.45) is 5.92 Å². The summed E-state index contributed by atoms with van der Waals surface area (Å²) >= 11 is 0. The molecule has 1 saturated heterocycles. The number of nitrogens with zero attached hydrogens (tertiary/aromatic N) is 3. The predicted octanol–water partition coefficient (Wildman–Crippen LogP) is 4.69. The molecule has 36 heavy (non-hydrogen) atoms. The molecular formula is C29H29N3O4. The maximum absolute atomic E-state index is 13.1. The molecule has 1 atom stereocenters. The molecule has 1 unspecified atom stereocenters. The van der Waals surface area contributed by atoms with Crippen LogP contribution in [-0.4, -0.2) is 46.2 Å². The van der Waals surface area contributed by atoms with Crippen LogP contribution in [0.5, 0.6) is 17.2 Å². The second-order valence-corrected chi connectivity index (χ2v) is 9.36. The van der Waals surface area contributed by atoms with Gasteiger partial charge >= 0.3 is 0 Å². The largest absolute Gasteiger partial charge is 0.486 e. The number of para-hydroxylation sites is 5. The lowest BCUT2D eigenvalue weighted by Crippen LogP contribution is -2.49. The Bertz CT molecular complexity index is 1350. The van der Waals surface area contributed by atoms with Crippen molar-refractivity contribution in [3.05, 3.63) is 84.7 Å². The molecule has 184 valence electrons. The second-order valence-electron chi connectivity index (χ2n) is 9.36. The molecule has 0 radical (unpaired) electrons. The van der Waals surface area contributed by atoms with E-state index in [0.29, 0.717) is 37.1 Å². The first kappa shape index (κ1) is 22.5. The molecule has 7 nitrogen and oxygen atoms in total. The van der Waals surface area contributed by atoms with E-state index < -0.39 is 6.10 Å². The minimum Gasteiger partial charge on any atom is -0.486 e. The van der Waals surface area contributed by atoms with E-state index in [9.17, 15) is 4.79 Å². The summed E-state index contributed by atoms with van der Waals surface area (Å²) < 4.78 is 20.0. The van der Waals surface area contributed by atoms with Crippen LogP contribution in [0.3, 0.4) is 0 Å². The van der Waals surface area contributed by atoms with Gasteiger partial charge in [-0.2, -0.15) is 0 Å². The van der Waals surface area contributed by atoms with Crippen LogP contribution in [0.25, 0.3) is 11.0 Å². The SMILES string of the molecule is O=C(C1COc2ccccc2O1)N1CCC(Cn2c(COc3ccccc3)nc3ccccc32)CC1. The number of aromatic nitrogens is 2. The summed E-state index contributed by atoms with van der Waals surface area (Å²) in [4.78, 5) is 19.9. The van der Waals surface area contributed by atoms with Gasteiger partial charge in [0.2, 0.25) is 6.10 Å². The summed E-state index contributed by atoms with van der Waals surface area (Å²) in [6.45, 7) is 2.95. The third-order valence-corrected chi connectivity index (χ3v) is 7.00. The third kappa shape index (κ3) is 4.61. The van der Waals surface area contributed by atoms with Gasteiger partial charge in [0.05, 0.1) is 11.0 Å². The van der Waals surface area contributed by atoms with Crippen molar-refractivity contribution < 1.29 is 19.0 Å². The van der Waals surface area contributed by atoms with Crippen LogP contribution in [0.15, 0.2) is 78.9 Å². The minimum absolute atomic E-state index is 0.00739. The maximum atomic E-state index is 13.1. The van der Waals surface area contributed by atoms with Gasteiger partial charge in [-0.05, 0) is 55.2 Å². The molecule has 1 amide bonds. The lowest BCUT2D eigenvalue weighted by atomic mass is 9.96. The van der Waals surface area contributed by atoms with Crippen LogP contribution < -0.4 is 14.2 Å². The maximum Gasteiger partial charge on any atom is 0.267 e. The van der Waals surface area contributed by atoms with Crippen molar-refractivity contribution in [2.75, 3.05) is 19.7 Å². The van der Waals surface area contributed by atoms with Crippen LogP contribution in [0.1, 0.15) is 18.7 Å². The Morgan fingerprint density at radius 2 is 1.64 bits per heavy atom. The molecule has 0 saturated carbocycles. The molecule has 3 aromatic carbocycles. The fourth-order valence-corrected chi connectivity index (χ4v) is 5.04. The summed E-state index contributed by atoms with van der Waals surface area (Å²) in [7, 11) is 0. The fraction of sp³-hybridized carbons (Fsp3) is 0.310. The molecule has 4 aromatic rings. The summed E-state index contributed by atoms with van der Waals surface area (Å²) in [6, 6.07) is 25.6. The number of likely N-dealkylation sites (tertiary alicyclic amines) is 1. The number of imidazole rings is 1. The molecule has 0 aliphatic carbocycles. The topological polar surface area (TPSA) is 65.8 Å². The Balaban J connectivity index is 1.10. The lowest BCUT2D eigenvalue weighted by molar-refractivity contribution is -0.142. The monoisotopic (exact) mass is 483 g/mol. The van der Waals surface area contributed by atoms with Crippen LogP contribution in [0, 0.1) is 5.92 Å². The van der Waals surface area contributed by atoms with E-state index in [-0.39, 0.29) is 12.5 Å². The highest BCUT2D eigenvalue weighted by Crippen LogP contribution is 2.32. The molecule has 1 fully saturated rings. The van der Waals surface area contributed by atoms with Crippen molar-refractivity contribution in [2.45, 2.75) is 32.1 Å². The highest BCUT2D eigenvalue weighted by Gasteiger charge is 2.33. The van der Waals surface area contributed by atoms with E-state index >= 15 is 0 Å². The number of piperidine rings is 1. The first-order chi connectivity index (χ1) is 17.7. The van der Waals surface area contributed by atoms with Crippen molar-refractivity contribution in [3.63, 3.8) is 0 Å². The summed E-state index contributed by atoms with van der Waals surface area (Å²) in [5.74, 6) is 3.54. The average molecular weight is 484 g/mol. The van der Waals surface area contributed by atoms with Crippen molar-refractivity contribution in [3.8, 4) is 17.2 Å². The molecule has 0 N–H and O–H groups in total. The number of hydrogen-bond acceptors (Lipinski definition) is 5. The molecule has 2 aliphatic rings. The quantitative estimate of drug-likeness (QED) is 0.398. The molecule has 3 heterocycles. The van der Waals surface area contributed by atoms with Gasteiger partial charge in [0.1, 0.15) is 24.8 Å². The molecule has 7 heteroatoms. The standard InChI is InChI=1S/C29H29N3O4/c33-29(27-19-35-25-12-6-7-13-26(25)36-27)31-16-14-21(15-17-31)18-32-24-11-5-4-10-23(24)30-28(32)20-34-22-8-2-1-3-9-22/h1-13,21,27H,14-20H2. The zero-order chi connectivity index (χ0) is 24.3. The van der Waals surface area contributed by atoms with E-state index in [0.717, 1.165) is 42.0 Å². The summed E-state index contributed by atoms with van der Waals surface area (Å²) in [6.07, 6.45) is 1.28. The minimum atomic E-state index is -0.587. The van der Waals surface area contributed by atoms with E-state index in [1.54, 1.807) is 0 Å². The second kappa shape index (κ2) is 9.93. The van der Waals surface area contributed by atoms with Crippen LogP contribution in [0.2, 0.25) is 0 Å². The number of carbonyl (C=O) groups excluding carboxylic acids is 1. The number of carbonyl (C=O) groups is 1. The van der Waals surface area contributed by atoms with Gasteiger partial charge in [0.25, 0.3) is 5.91 Å². The van der Waals surface area contributed by atoms with E-state index in [1.165, 1.54) is 0 Å². The average Bonchev–Trinajstić information content (AvgIpc) is 3.29. The highest BCUT2D eigenvalue weighted by molar-refractivity contribution is 5.82. The van der Waals surface area contributed by atoms with Gasteiger partial charge in [-0.15, -0.1) is 0 Å². The smallest absolute Gasteiger partial charge is 0.267 e. The predicted molar refractivity (Wildman–Crippen MR) is 136 cm³/mol. The third-order valence-electron chi connectivity index (χ3n) is 7.00. The van der Waals surface area contributed by atoms with Gasteiger partial charge in [0.15, 0.2) is 11.5 Å². The number of benzene rings is 3. The van der Waals surface area contributed by atoms with Crippen LogP contribution in [-0.2, 0) is 17.9 Å². The highest BCUT2D eigenvalue weighted by atomic mass is 16.6. The van der Waals surface area contributed by atoms with Gasteiger partial charge < -0.3 is 23.7 Å². The number of ether oxygens (including phenoxy) is 3. The van der Waals surface area contributed by atoms with Crippen LogP contribution in [0.4, 0.5) is 0 Å². The number of rotatable bonds is 6. The van der Waals surface area contributed by atoms with E-state index in [4.69, 9.17) is 19.2 Å². The normalized spacial score (nSPS) is 17.8. The number of fused-ring (bicyclic) bond motifs is 2. The van der Waals surface area contributed by atoms with Gasteiger partial charge in [-0.1, -0.05) is 42.5 Å². The molecule has 0 bridgehead atoms. The Kier molecular flexibility index (Phi) is 6.20. The lowest BCUT2D eigenvalue weighted by Gasteiger charge is -2.35. The number of hydrogen-bond donors (Lipinski definition) is 0. The fourth-order valence-electron chi connectivity index (χ4n) is 5.04. The molecule has 1 aromatic heterocycles. The first-order valence-electron chi connectivity index (χ1n) is 12.5. The Labute approximate surface area is 210 Å². The Morgan fingerprint density at radius 3 is 2.47 bits per heavy atom. The molecule has 6 rings (SSSR count). The van der Waals surface area contributed by atoms with Crippen LogP contribution >= 0.6 is 0 Å². The van der Waals surface area contributed by atoms with E-state index in [2.05, 4.69) is 10.6 Å². The van der Waals surface area contributed by atoms with Gasteiger partial charge in [-0.25, -0.2) is 4.98 Å². The van der Waals surface area contributed by atoms with Gasteiger partial charge in [-0.3, -0.25) is 4.79 Å². The zero-order valence-corrected chi connectivity index (χ0v) is 20.1. The first-order valence-corrected chi connectivity index (χ1v) is 12.5. The van der Waals surface area contributed by atoms with E-state index in [1.807, 2.05) is 77.7 Å². The molecule has 0 spiro atoms. The Morgan fingerprint density at radius 1 is 0.917 bits per heavy atom.